The molecule has 132 valence electrons. The van der Waals surface area contributed by atoms with Gasteiger partial charge in [-0.05, 0) is 31.4 Å². The summed E-state index contributed by atoms with van der Waals surface area (Å²) in [6.45, 7) is 3.47. The third-order valence-electron chi connectivity index (χ3n) is 4.29. The molecule has 1 aliphatic carbocycles. The van der Waals surface area contributed by atoms with E-state index in [1.807, 2.05) is 19.1 Å². The van der Waals surface area contributed by atoms with Crippen LogP contribution in [0.2, 0.25) is 0 Å². The number of nitrogens with one attached hydrogen (secondary N) is 2. The van der Waals surface area contributed by atoms with Gasteiger partial charge in [0.2, 0.25) is 5.91 Å². The number of hydrogen-bond donors (Lipinski definition) is 2. The minimum atomic E-state index is -0.142. The Labute approximate surface area is 152 Å². The Kier molecular flexibility index (Phi) is 12.1. The number of carbonyl (C=O) groups is 1. The van der Waals surface area contributed by atoms with Gasteiger partial charge in [0.15, 0.2) is 0 Å². The van der Waals surface area contributed by atoms with Crippen molar-refractivity contribution in [3.8, 4) is 0 Å². The van der Waals surface area contributed by atoms with Crippen molar-refractivity contribution in [2.24, 2.45) is 0 Å². The molecule has 6 heteroatoms. The highest BCUT2D eigenvalue weighted by Crippen LogP contribution is 2.17. The van der Waals surface area contributed by atoms with E-state index in [0.29, 0.717) is 12.6 Å². The van der Waals surface area contributed by atoms with Crippen molar-refractivity contribution in [3.05, 3.63) is 30.1 Å². The van der Waals surface area contributed by atoms with E-state index >= 15 is 0 Å². The van der Waals surface area contributed by atoms with E-state index in [4.69, 9.17) is 0 Å². The van der Waals surface area contributed by atoms with Gasteiger partial charge >= 0.3 is 0 Å². The Bertz CT molecular complexity index is 423. The third-order valence-corrected chi connectivity index (χ3v) is 4.29. The second-order valence-electron chi connectivity index (χ2n) is 5.94. The lowest BCUT2D eigenvalue weighted by Gasteiger charge is -2.17. The molecule has 2 rings (SSSR count). The van der Waals surface area contributed by atoms with E-state index in [2.05, 4.69) is 15.6 Å². The van der Waals surface area contributed by atoms with Crippen molar-refractivity contribution in [2.45, 2.75) is 57.4 Å². The van der Waals surface area contributed by atoms with E-state index in [1.54, 1.807) is 12.4 Å². The number of hydrogen-bond acceptors (Lipinski definition) is 3. The smallest absolute Gasteiger partial charge is 0.227 e. The van der Waals surface area contributed by atoms with Crippen LogP contribution in [0.3, 0.4) is 0 Å². The minimum absolute atomic E-state index is 0. The normalized spacial score (nSPS) is 16.4. The van der Waals surface area contributed by atoms with Crippen molar-refractivity contribution in [3.63, 3.8) is 0 Å². The molecular formula is C17H29Cl2N3O. The first-order chi connectivity index (χ1) is 10.3. The van der Waals surface area contributed by atoms with E-state index in [1.165, 1.54) is 38.5 Å². The van der Waals surface area contributed by atoms with Crippen LogP contribution in [0.1, 0.15) is 56.9 Å². The zero-order chi connectivity index (χ0) is 14.9. The highest BCUT2D eigenvalue weighted by Gasteiger charge is 2.15. The van der Waals surface area contributed by atoms with Crippen LogP contribution in [0, 0.1) is 0 Å². The molecule has 23 heavy (non-hydrogen) atoms. The molecule has 0 spiro atoms. The fraction of sp³-hybridized carbons (Fsp3) is 0.647. The number of aromatic nitrogens is 1. The SMILES string of the molecule is CC(C(=O)NCCNC1CCCCCC1)c1cccnc1.Cl.Cl. The van der Waals surface area contributed by atoms with Gasteiger partial charge in [0, 0.05) is 31.5 Å². The van der Waals surface area contributed by atoms with Gasteiger partial charge in [-0.3, -0.25) is 9.78 Å². The molecule has 1 unspecified atom stereocenters. The summed E-state index contributed by atoms with van der Waals surface area (Å²) in [5, 5.41) is 6.58. The van der Waals surface area contributed by atoms with Crippen LogP contribution in [0.15, 0.2) is 24.5 Å². The molecule has 1 aromatic heterocycles. The molecule has 1 saturated carbocycles. The van der Waals surface area contributed by atoms with Crippen LogP contribution in [-0.4, -0.2) is 30.0 Å². The van der Waals surface area contributed by atoms with Crippen molar-refractivity contribution >= 4 is 30.7 Å². The van der Waals surface area contributed by atoms with Gasteiger partial charge in [0.25, 0.3) is 0 Å². The molecule has 1 fully saturated rings. The van der Waals surface area contributed by atoms with E-state index in [9.17, 15) is 4.79 Å². The molecule has 0 radical (unpaired) electrons. The Hall–Kier alpha value is -0.840. The third kappa shape index (κ3) is 8.00. The van der Waals surface area contributed by atoms with Crippen LogP contribution in [0.4, 0.5) is 0 Å². The van der Waals surface area contributed by atoms with Gasteiger partial charge in [0.1, 0.15) is 0 Å². The molecule has 0 aromatic carbocycles. The van der Waals surface area contributed by atoms with Crippen LogP contribution in [0.5, 0.6) is 0 Å². The molecular weight excluding hydrogens is 333 g/mol. The summed E-state index contributed by atoms with van der Waals surface area (Å²) < 4.78 is 0. The summed E-state index contributed by atoms with van der Waals surface area (Å²) in [4.78, 5) is 16.1. The van der Waals surface area contributed by atoms with Crippen LogP contribution < -0.4 is 10.6 Å². The zero-order valence-corrected chi connectivity index (χ0v) is 15.4. The molecule has 1 amide bonds. The summed E-state index contributed by atoms with van der Waals surface area (Å²) in [6, 6.07) is 4.45. The van der Waals surface area contributed by atoms with E-state index in [-0.39, 0.29) is 36.6 Å². The van der Waals surface area contributed by atoms with Gasteiger partial charge in [-0.2, -0.15) is 0 Å². The van der Waals surface area contributed by atoms with Crippen LogP contribution >= 0.6 is 24.8 Å². The highest BCUT2D eigenvalue weighted by atomic mass is 35.5. The predicted octanol–water partition coefficient (Wildman–Crippen LogP) is 3.46. The molecule has 0 bridgehead atoms. The lowest BCUT2D eigenvalue weighted by molar-refractivity contribution is -0.122. The molecule has 1 aromatic rings. The molecule has 0 aliphatic heterocycles. The summed E-state index contributed by atoms with van der Waals surface area (Å²) in [5.41, 5.74) is 0.965. The van der Waals surface area contributed by atoms with E-state index < -0.39 is 0 Å². The monoisotopic (exact) mass is 361 g/mol. The van der Waals surface area contributed by atoms with Gasteiger partial charge < -0.3 is 10.6 Å². The Balaban J connectivity index is 0.00000242. The molecule has 2 N–H and O–H groups in total. The van der Waals surface area contributed by atoms with Gasteiger partial charge in [0.05, 0.1) is 5.92 Å². The average molecular weight is 362 g/mol. The fourth-order valence-corrected chi connectivity index (χ4v) is 2.88. The molecule has 1 heterocycles. The summed E-state index contributed by atoms with van der Waals surface area (Å²) in [7, 11) is 0. The quantitative estimate of drug-likeness (QED) is 0.602. The predicted molar refractivity (Wildman–Crippen MR) is 99.7 cm³/mol. The number of nitrogens with zero attached hydrogens (tertiary/aromatic N) is 1. The van der Waals surface area contributed by atoms with Crippen molar-refractivity contribution < 1.29 is 4.79 Å². The average Bonchev–Trinajstić information content (AvgIpc) is 2.80. The second kappa shape index (κ2) is 12.6. The summed E-state index contributed by atoms with van der Waals surface area (Å²) in [6.07, 6.45) is 11.5. The lowest BCUT2D eigenvalue weighted by atomic mass is 10.0. The number of halogens is 2. The van der Waals surface area contributed by atoms with Gasteiger partial charge in [-0.15, -0.1) is 24.8 Å². The number of carbonyl (C=O) groups excluding carboxylic acids is 1. The first-order valence-corrected chi connectivity index (χ1v) is 8.18. The Morgan fingerprint density at radius 3 is 2.52 bits per heavy atom. The molecule has 4 nitrogen and oxygen atoms in total. The maximum atomic E-state index is 12.1. The lowest BCUT2D eigenvalue weighted by Crippen LogP contribution is -2.38. The number of pyridine rings is 1. The van der Waals surface area contributed by atoms with Crippen molar-refractivity contribution in [1.82, 2.24) is 15.6 Å². The Morgan fingerprint density at radius 1 is 1.22 bits per heavy atom. The zero-order valence-electron chi connectivity index (χ0n) is 13.8. The highest BCUT2D eigenvalue weighted by molar-refractivity contribution is 5.85. The van der Waals surface area contributed by atoms with E-state index in [0.717, 1.165) is 12.1 Å². The molecule has 1 aliphatic rings. The van der Waals surface area contributed by atoms with Crippen molar-refractivity contribution in [1.29, 1.82) is 0 Å². The van der Waals surface area contributed by atoms with Crippen LogP contribution in [0.25, 0.3) is 0 Å². The largest absolute Gasteiger partial charge is 0.354 e. The number of amides is 1. The van der Waals surface area contributed by atoms with Crippen molar-refractivity contribution in [2.75, 3.05) is 13.1 Å². The summed E-state index contributed by atoms with van der Waals surface area (Å²) in [5.74, 6) is -0.0674. The second-order valence-corrected chi connectivity index (χ2v) is 5.94. The standard InChI is InChI=1S/C17H27N3O.2ClH/c1-14(15-7-6-10-18-13-15)17(21)20-12-11-19-16-8-4-2-3-5-9-16;;/h6-7,10,13-14,16,19H,2-5,8-9,11-12H2,1H3,(H,20,21);2*1H. The summed E-state index contributed by atoms with van der Waals surface area (Å²) >= 11 is 0. The number of rotatable bonds is 6. The molecule has 1 atom stereocenters. The first kappa shape index (κ1) is 22.2. The fourth-order valence-electron chi connectivity index (χ4n) is 2.88. The molecule has 0 saturated heterocycles. The van der Waals surface area contributed by atoms with Crippen LogP contribution in [-0.2, 0) is 4.79 Å². The Morgan fingerprint density at radius 2 is 1.91 bits per heavy atom. The topological polar surface area (TPSA) is 54.0 Å². The van der Waals surface area contributed by atoms with Gasteiger partial charge in [-0.1, -0.05) is 31.7 Å². The van der Waals surface area contributed by atoms with Gasteiger partial charge in [-0.25, -0.2) is 0 Å². The maximum absolute atomic E-state index is 12.1. The first-order valence-electron chi connectivity index (χ1n) is 8.18. The maximum Gasteiger partial charge on any atom is 0.227 e. The minimum Gasteiger partial charge on any atom is -0.354 e.